The van der Waals surface area contributed by atoms with Crippen molar-refractivity contribution in [1.29, 1.82) is 0 Å². The van der Waals surface area contributed by atoms with Crippen LogP contribution in [0.15, 0.2) is 30.4 Å². The van der Waals surface area contributed by atoms with Crippen LogP contribution in [0.25, 0.3) is 22.0 Å². The smallest absolute Gasteiger partial charge is 0.196 e. The van der Waals surface area contributed by atoms with Crippen molar-refractivity contribution >= 4 is 19.2 Å². The lowest BCUT2D eigenvalue weighted by Crippen LogP contribution is -2.41. The molecular weight excluding hydrogens is 494 g/mol. The summed E-state index contributed by atoms with van der Waals surface area (Å²) in [5, 5.41) is 17.3. The van der Waals surface area contributed by atoms with E-state index >= 15 is 0 Å². The fourth-order valence-corrected chi connectivity index (χ4v) is 6.25. The van der Waals surface area contributed by atoms with E-state index in [1.54, 1.807) is 0 Å². The Morgan fingerprint density at radius 1 is 1.21 bits per heavy atom. The largest absolute Gasteiger partial charge is 0.417 e. The van der Waals surface area contributed by atoms with Crippen LogP contribution >= 0.6 is 0 Å². The molecule has 1 aliphatic rings. The van der Waals surface area contributed by atoms with Crippen molar-refractivity contribution in [1.82, 2.24) is 14.3 Å². The Bertz CT molecular complexity index is 1300. The maximum absolute atomic E-state index is 11.3. The van der Waals surface area contributed by atoms with Crippen molar-refractivity contribution in [3.05, 3.63) is 53.0 Å². The molecule has 7 nitrogen and oxygen atoms in total. The summed E-state index contributed by atoms with van der Waals surface area (Å²) < 4.78 is 22.4. The summed E-state index contributed by atoms with van der Waals surface area (Å²) in [6.45, 7) is 18.1. The Morgan fingerprint density at radius 2 is 1.97 bits per heavy atom. The minimum Gasteiger partial charge on any atom is -0.417 e. The first-order valence-electron chi connectivity index (χ1n) is 13.8. The highest BCUT2D eigenvalue weighted by Gasteiger charge is 2.37. The van der Waals surface area contributed by atoms with Crippen LogP contribution in [0.3, 0.4) is 0 Å². The molecule has 3 heterocycles. The van der Waals surface area contributed by atoms with Crippen LogP contribution in [-0.4, -0.2) is 47.6 Å². The molecule has 0 aliphatic carbocycles. The van der Waals surface area contributed by atoms with E-state index in [2.05, 4.69) is 69.6 Å². The molecule has 3 aromatic rings. The minimum absolute atomic E-state index is 0.175. The third-order valence-corrected chi connectivity index (χ3v) is 12.7. The molecule has 0 amide bonds. The second kappa shape index (κ2) is 11.5. The molecule has 0 fully saturated rings. The second-order valence-electron chi connectivity index (χ2n) is 11.7. The number of ether oxygens (including phenoxy) is 2. The molecule has 8 heteroatoms. The first-order valence-corrected chi connectivity index (χ1v) is 16.7. The van der Waals surface area contributed by atoms with Crippen LogP contribution in [-0.2, 0) is 40.5 Å². The van der Waals surface area contributed by atoms with Crippen molar-refractivity contribution in [2.24, 2.45) is 7.05 Å². The summed E-state index contributed by atoms with van der Waals surface area (Å²) in [4.78, 5) is 0. The van der Waals surface area contributed by atoms with E-state index in [9.17, 15) is 5.11 Å². The Labute approximate surface area is 228 Å². The van der Waals surface area contributed by atoms with Crippen LogP contribution in [0.2, 0.25) is 18.1 Å². The van der Waals surface area contributed by atoms with E-state index in [4.69, 9.17) is 19.0 Å². The summed E-state index contributed by atoms with van der Waals surface area (Å²) in [6.07, 6.45) is 4.83. The van der Waals surface area contributed by atoms with Gasteiger partial charge >= 0.3 is 0 Å². The fourth-order valence-electron chi connectivity index (χ4n) is 5.16. The van der Waals surface area contributed by atoms with E-state index in [-0.39, 0.29) is 5.04 Å². The van der Waals surface area contributed by atoms with Gasteiger partial charge in [0.2, 0.25) is 0 Å². The molecule has 1 N–H and O–H groups in total. The molecule has 4 rings (SSSR count). The van der Waals surface area contributed by atoms with Gasteiger partial charge in [-0.15, -0.1) is 0 Å². The first kappa shape index (κ1) is 28.8. The Hall–Kier alpha value is -2.23. The first-order chi connectivity index (χ1) is 18.0. The van der Waals surface area contributed by atoms with Gasteiger partial charge in [0.1, 0.15) is 0 Å². The average molecular weight is 540 g/mol. The zero-order valence-corrected chi connectivity index (χ0v) is 25.4. The van der Waals surface area contributed by atoms with Crippen LogP contribution in [0.4, 0.5) is 0 Å². The molecule has 1 atom stereocenters. The van der Waals surface area contributed by atoms with Gasteiger partial charge in [-0.2, -0.15) is 5.10 Å². The summed E-state index contributed by atoms with van der Waals surface area (Å²) in [6, 6.07) is 6.45. The van der Waals surface area contributed by atoms with Gasteiger partial charge in [-0.1, -0.05) is 51.1 Å². The molecule has 2 aromatic heterocycles. The molecule has 38 heavy (non-hydrogen) atoms. The van der Waals surface area contributed by atoms with Crippen molar-refractivity contribution in [3.63, 3.8) is 0 Å². The number of para-hydroxylation sites is 1. The summed E-state index contributed by atoms with van der Waals surface area (Å²) in [5.41, 5.74) is 7.29. The number of aryl methyl sites for hydroxylation is 3. The molecule has 0 saturated heterocycles. The quantitative estimate of drug-likeness (QED) is 0.155. The summed E-state index contributed by atoms with van der Waals surface area (Å²) >= 11 is 0. The van der Waals surface area contributed by atoms with E-state index in [0.29, 0.717) is 33.0 Å². The number of hydrogen-bond donors (Lipinski definition) is 1. The normalized spacial score (nSPS) is 16.3. The number of hydrogen-bond acceptors (Lipinski definition) is 5. The molecule has 208 valence electrons. The highest BCUT2D eigenvalue weighted by molar-refractivity contribution is 6.74. The number of aliphatic hydroxyl groups is 1. The topological polar surface area (TPSA) is 70.7 Å². The molecular formula is C30H45N3O4Si. The molecule has 0 saturated carbocycles. The van der Waals surface area contributed by atoms with Crippen molar-refractivity contribution < 1.29 is 19.0 Å². The molecule has 1 aliphatic heterocycles. The number of nitrogens with zero attached hydrogens (tertiary/aromatic N) is 3. The van der Waals surface area contributed by atoms with Crippen LogP contribution in [0, 0.1) is 6.92 Å². The average Bonchev–Trinajstić information content (AvgIpc) is 3.29. The second-order valence-corrected chi connectivity index (χ2v) is 16.5. The predicted octanol–water partition coefficient (Wildman–Crippen LogP) is 6.42. The van der Waals surface area contributed by atoms with Gasteiger partial charge in [-0.25, -0.2) is 0 Å². The lowest BCUT2D eigenvalue weighted by molar-refractivity contribution is -0.103. The van der Waals surface area contributed by atoms with Gasteiger partial charge in [0, 0.05) is 43.3 Å². The molecule has 0 spiro atoms. The summed E-state index contributed by atoms with van der Waals surface area (Å²) in [5.74, 6) is 0. The lowest BCUT2D eigenvalue weighted by Gasteiger charge is -2.36. The molecule has 0 bridgehead atoms. The number of fused-ring (bicyclic) bond motifs is 2. The van der Waals surface area contributed by atoms with E-state index in [1.165, 1.54) is 0 Å². The molecule has 0 radical (unpaired) electrons. The van der Waals surface area contributed by atoms with Crippen LogP contribution in [0.5, 0.6) is 0 Å². The van der Waals surface area contributed by atoms with Crippen LogP contribution < -0.4 is 0 Å². The number of allylic oxidation sites excluding steroid dienone is 1. The maximum atomic E-state index is 11.3. The number of aromatic nitrogens is 3. The van der Waals surface area contributed by atoms with Crippen LogP contribution in [0.1, 0.15) is 63.1 Å². The van der Waals surface area contributed by atoms with Gasteiger partial charge in [0.05, 0.1) is 35.8 Å². The number of rotatable bonds is 8. The SMILES string of the molecule is CCOC(O)c1c(CCCO[Si](C)(C)C(C)(C)C)c2cccc3c2n1C/C=C\COCc1c-3c(C)nn1C. The Balaban J connectivity index is 1.86. The van der Waals surface area contributed by atoms with Gasteiger partial charge in [0.25, 0.3) is 0 Å². The Morgan fingerprint density at radius 3 is 2.68 bits per heavy atom. The molecule has 1 aromatic carbocycles. The Kier molecular flexibility index (Phi) is 8.69. The van der Waals surface area contributed by atoms with Crippen molar-refractivity contribution in [3.8, 4) is 11.1 Å². The van der Waals surface area contributed by atoms with Gasteiger partial charge in [-0.05, 0) is 50.4 Å². The zero-order chi connectivity index (χ0) is 27.7. The maximum Gasteiger partial charge on any atom is 0.196 e. The van der Waals surface area contributed by atoms with Crippen molar-refractivity contribution in [2.45, 2.75) is 85.0 Å². The molecule has 1 unspecified atom stereocenters. The van der Waals surface area contributed by atoms with E-state index in [0.717, 1.165) is 57.5 Å². The highest BCUT2D eigenvalue weighted by Crippen LogP contribution is 2.41. The van der Waals surface area contributed by atoms with Gasteiger partial charge in [0.15, 0.2) is 14.6 Å². The number of aliphatic hydroxyl groups excluding tert-OH is 1. The fraction of sp³-hybridized carbons (Fsp3) is 0.567. The minimum atomic E-state index is -1.83. The van der Waals surface area contributed by atoms with Gasteiger partial charge in [-0.3, -0.25) is 4.68 Å². The zero-order valence-electron chi connectivity index (χ0n) is 24.4. The van der Waals surface area contributed by atoms with E-state index < -0.39 is 14.6 Å². The highest BCUT2D eigenvalue weighted by atomic mass is 28.4. The third-order valence-electron chi connectivity index (χ3n) is 8.15. The third kappa shape index (κ3) is 5.56. The summed E-state index contributed by atoms with van der Waals surface area (Å²) in [7, 11) is 0.146. The monoisotopic (exact) mass is 539 g/mol. The number of benzene rings is 1. The standard InChI is InChI=1S/C30H45N3O4Si/c1-9-36-29(34)28-23(16-13-19-37-38(7,8)30(3,4)5)22-14-12-15-24-26-21(2)31-32(6)25(26)20-35-18-11-10-17-33(28)27(22)24/h10-12,14-15,29,34H,9,13,16-20H2,1-8H3/b11-10-. The van der Waals surface area contributed by atoms with Gasteiger partial charge < -0.3 is 23.6 Å². The van der Waals surface area contributed by atoms with Crippen molar-refractivity contribution in [2.75, 3.05) is 19.8 Å². The lowest BCUT2D eigenvalue weighted by atomic mass is 9.98. The van der Waals surface area contributed by atoms with E-state index in [1.807, 2.05) is 24.7 Å². The predicted molar refractivity (Wildman–Crippen MR) is 156 cm³/mol.